The van der Waals surface area contributed by atoms with Gasteiger partial charge >= 0.3 is 0 Å². The molecule has 29 heavy (non-hydrogen) atoms. The number of methoxy groups -OCH3 is 1. The Kier molecular flexibility index (Phi) is 5.68. The molecule has 3 aromatic rings. The first-order valence-corrected chi connectivity index (χ1v) is 10.1. The molecule has 0 aliphatic carbocycles. The van der Waals surface area contributed by atoms with Crippen LogP contribution in [0.1, 0.15) is 24.0 Å². The van der Waals surface area contributed by atoms with Crippen molar-refractivity contribution in [3.8, 4) is 16.9 Å². The van der Waals surface area contributed by atoms with Crippen molar-refractivity contribution in [1.82, 2.24) is 0 Å². The zero-order chi connectivity index (χ0) is 21.3. The Hall–Kier alpha value is -2.84. The maximum Gasteiger partial charge on any atom is 0.242 e. The van der Waals surface area contributed by atoms with Crippen LogP contribution in [0.15, 0.2) is 59.5 Å². The number of benzene rings is 3. The molecule has 0 bridgehead atoms. The summed E-state index contributed by atoms with van der Waals surface area (Å²) >= 11 is 0. The molecule has 3 aromatic carbocycles. The van der Waals surface area contributed by atoms with E-state index in [1.165, 1.54) is 32.2 Å². The molecule has 152 valence electrons. The van der Waals surface area contributed by atoms with Gasteiger partial charge in [-0.2, -0.15) is 0 Å². The number of rotatable bonds is 5. The minimum Gasteiger partial charge on any atom is -0.495 e. The minimum absolute atomic E-state index is 0.0268. The lowest BCUT2D eigenvalue weighted by Crippen LogP contribution is -2.18. The van der Waals surface area contributed by atoms with Crippen LogP contribution in [0, 0.1) is 17.5 Å². The Bertz CT molecular complexity index is 1170. The van der Waals surface area contributed by atoms with E-state index in [1.807, 2.05) is 0 Å². The Labute approximate surface area is 166 Å². The molecule has 8 heteroatoms. The summed E-state index contributed by atoms with van der Waals surface area (Å²) in [5, 5.41) is 5.36. The fraction of sp³-hybridized carbons (Fsp3) is 0.143. The molecule has 0 aliphatic rings. The van der Waals surface area contributed by atoms with Crippen LogP contribution >= 0.6 is 0 Å². The number of hydrogen-bond acceptors (Lipinski definition) is 3. The lowest BCUT2D eigenvalue weighted by molar-refractivity contribution is 0.400. The predicted octanol–water partition coefficient (Wildman–Crippen LogP) is 4.58. The maximum absolute atomic E-state index is 14.9. The molecule has 2 N–H and O–H groups in total. The largest absolute Gasteiger partial charge is 0.495 e. The average Bonchev–Trinajstić information content (AvgIpc) is 2.70. The summed E-state index contributed by atoms with van der Waals surface area (Å²) in [6.45, 7) is 1.49. The Morgan fingerprint density at radius 1 is 0.966 bits per heavy atom. The summed E-state index contributed by atoms with van der Waals surface area (Å²) in [4.78, 5) is -0.335. The molecule has 0 amide bonds. The van der Waals surface area contributed by atoms with Crippen molar-refractivity contribution < 1.29 is 26.3 Å². The van der Waals surface area contributed by atoms with Crippen molar-refractivity contribution >= 4 is 10.0 Å². The van der Waals surface area contributed by atoms with Gasteiger partial charge in [0.2, 0.25) is 10.0 Å². The molecular formula is C21H18F3NO3S. The number of sulfonamides is 1. The third-order valence-corrected chi connectivity index (χ3v) is 5.70. The quantitative estimate of drug-likeness (QED) is 0.613. The van der Waals surface area contributed by atoms with Crippen LogP contribution in [0.5, 0.6) is 5.75 Å². The van der Waals surface area contributed by atoms with Crippen molar-refractivity contribution in [3.05, 3.63) is 83.2 Å². The van der Waals surface area contributed by atoms with E-state index in [-0.39, 0.29) is 27.3 Å². The van der Waals surface area contributed by atoms with Crippen molar-refractivity contribution in [2.45, 2.75) is 17.7 Å². The third kappa shape index (κ3) is 3.86. The van der Waals surface area contributed by atoms with Gasteiger partial charge in [-0.05, 0) is 28.8 Å². The highest BCUT2D eigenvalue weighted by Gasteiger charge is 2.29. The molecule has 0 saturated heterocycles. The van der Waals surface area contributed by atoms with E-state index < -0.39 is 33.4 Å². The highest BCUT2D eigenvalue weighted by Crippen LogP contribution is 2.40. The van der Waals surface area contributed by atoms with Crippen molar-refractivity contribution in [2.75, 3.05) is 7.11 Å². The Morgan fingerprint density at radius 2 is 1.62 bits per heavy atom. The summed E-state index contributed by atoms with van der Waals surface area (Å²) in [5.74, 6) is -5.37. The zero-order valence-corrected chi connectivity index (χ0v) is 16.4. The van der Waals surface area contributed by atoms with Crippen LogP contribution in [-0.2, 0) is 10.0 Å². The molecule has 0 fully saturated rings. The van der Waals surface area contributed by atoms with Crippen molar-refractivity contribution in [2.24, 2.45) is 5.14 Å². The second-order valence-corrected chi connectivity index (χ2v) is 7.96. The van der Waals surface area contributed by atoms with Crippen LogP contribution in [-0.4, -0.2) is 15.5 Å². The number of halogens is 3. The molecule has 3 rings (SSSR count). The van der Waals surface area contributed by atoms with Gasteiger partial charge in [-0.1, -0.05) is 49.4 Å². The van der Waals surface area contributed by atoms with Gasteiger partial charge in [-0.3, -0.25) is 0 Å². The van der Waals surface area contributed by atoms with Gasteiger partial charge in [0, 0.05) is 11.5 Å². The predicted molar refractivity (Wildman–Crippen MR) is 104 cm³/mol. The highest BCUT2D eigenvalue weighted by atomic mass is 32.2. The standard InChI is InChI=1S/C21H18F3NO3S/c1-12(14-9-6-10-17(28-2)21(14)29(25,26)27)18-15(13-7-4-3-5-8-13)11-16(22)19(23)20(18)24/h3-12H,1-2H3,(H2,25,26,27). The van der Waals surface area contributed by atoms with E-state index in [1.54, 1.807) is 30.3 Å². The lowest BCUT2D eigenvalue weighted by atomic mass is 9.86. The molecular weight excluding hydrogens is 403 g/mol. The van der Waals surface area contributed by atoms with Gasteiger partial charge in [0.25, 0.3) is 0 Å². The van der Waals surface area contributed by atoms with Crippen LogP contribution in [0.3, 0.4) is 0 Å². The summed E-state index contributed by atoms with van der Waals surface area (Å²) in [7, 11) is -2.98. The van der Waals surface area contributed by atoms with E-state index in [4.69, 9.17) is 9.88 Å². The van der Waals surface area contributed by atoms with Crippen molar-refractivity contribution in [3.63, 3.8) is 0 Å². The molecule has 0 heterocycles. The Morgan fingerprint density at radius 3 is 2.21 bits per heavy atom. The molecule has 1 atom stereocenters. The van der Waals surface area contributed by atoms with Gasteiger partial charge in [-0.25, -0.2) is 26.7 Å². The van der Waals surface area contributed by atoms with Gasteiger partial charge in [0.1, 0.15) is 10.6 Å². The van der Waals surface area contributed by atoms with E-state index in [9.17, 15) is 21.6 Å². The van der Waals surface area contributed by atoms with Crippen LogP contribution in [0.2, 0.25) is 0 Å². The van der Waals surface area contributed by atoms with Crippen LogP contribution in [0.4, 0.5) is 13.2 Å². The second-order valence-electron chi connectivity index (χ2n) is 6.46. The molecule has 4 nitrogen and oxygen atoms in total. The number of hydrogen-bond donors (Lipinski definition) is 1. The number of primary sulfonamides is 1. The van der Waals surface area contributed by atoms with Crippen molar-refractivity contribution in [1.29, 1.82) is 0 Å². The third-order valence-electron chi connectivity index (χ3n) is 4.70. The minimum atomic E-state index is -4.25. The molecule has 0 aliphatic heterocycles. The average molecular weight is 421 g/mol. The topological polar surface area (TPSA) is 69.4 Å². The monoisotopic (exact) mass is 421 g/mol. The molecule has 0 radical (unpaired) electrons. The lowest BCUT2D eigenvalue weighted by Gasteiger charge is -2.22. The molecule has 0 saturated carbocycles. The molecule has 0 aromatic heterocycles. The van der Waals surface area contributed by atoms with E-state index >= 15 is 0 Å². The Balaban J connectivity index is 2.35. The highest BCUT2D eigenvalue weighted by molar-refractivity contribution is 7.89. The van der Waals surface area contributed by atoms with Gasteiger partial charge in [0.05, 0.1) is 7.11 Å². The first-order chi connectivity index (χ1) is 13.7. The van der Waals surface area contributed by atoms with Crippen LogP contribution < -0.4 is 9.88 Å². The van der Waals surface area contributed by atoms with Crippen LogP contribution in [0.25, 0.3) is 11.1 Å². The summed E-state index contributed by atoms with van der Waals surface area (Å²) in [6, 6.07) is 13.6. The fourth-order valence-electron chi connectivity index (χ4n) is 3.38. The summed E-state index contributed by atoms with van der Waals surface area (Å²) in [6.07, 6.45) is 0. The summed E-state index contributed by atoms with van der Waals surface area (Å²) in [5.41, 5.74) is 0.479. The van der Waals surface area contributed by atoms with Gasteiger partial charge in [-0.15, -0.1) is 0 Å². The second kappa shape index (κ2) is 7.88. The maximum atomic E-state index is 14.9. The van der Waals surface area contributed by atoms with Gasteiger partial charge < -0.3 is 4.74 Å². The SMILES string of the molecule is COc1cccc(C(C)c2c(-c3ccccc3)cc(F)c(F)c2F)c1S(N)(=O)=O. The normalized spacial score (nSPS) is 12.6. The first-order valence-electron chi connectivity index (χ1n) is 8.59. The molecule has 0 spiro atoms. The smallest absolute Gasteiger partial charge is 0.242 e. The van der Waals surface area contributed by atoms with E-state index in [2.05, 4.69) is 0 Å². The zero-order valence-electron chi connectivity index (χ0n) is 15.6. The molecule has 1 unspecified atom stereocenters. The van der Waals surface area contributed by atoms with E-state index in [0.29, 0.717) is 5.56 Å². The summed E-state index contributed by atoms with van der Waals surface area (Å²) < 4.78 is 72.6. The first kappa shape index (κ1) is 20.9. The fourth-order valence-corrected chi connectivity index (χ4v) is 4.39. The van der Waals surface area contributed by atoms with E-state index in [0.717, 1.165) is 6.07 Å². The number of nitrogens with two attached hydrogens (primary N) is 1. The number of ether oxygens (including phenoxy) is 1. The van der Waals surface area contributed by atoms with Gasteiger partial charge in [0.15, 0.2) is 17.5 Å².